The molecule has 98 valence electrons. The summed E-state index contributed by atoms with van der Waals surface area (Å²) < 4.78 is 0. The minimum Gasteiger partial charge on any atom is -0.366 e. The summed E-state index contributed by atoms with van der Waals surface area (Å²) in [6, 6.07) is 9.17. The largest absolute Gasteiger partial charge is 0.366 e. The second-order valence-electron chi connectivity index (χ2n) is 4.19. The number of hydrogen-bond acceptors (Lipinski definition) is 4. The van der Waals surface area contributed by atoms with E-state index in [0.717, 1.165) is 10.9 Å². The lowest BCUT2D eigenvalue weighted by Gasteiger charge is -2.03. The van der Waals surface area contributed by atoms with Crippen molar-refractivity contribution in [3.8, 4) is 0 Å². The third-order valence-corrected chi connectivity index (χ3v) is 2.83. The molecule has 0 fully saturated rings. The van der Waals surface area contributed by atoms with E-state index in [0.29, 0.717) is 17.0 Å². The fraction of sp³-hybridized carbons (Fsp3) is 0. The Labute approximate surface area is 114 Å². The maximum atomic E-state index is 11.6. The second-order valence-corrected chi connectivity index (χ2v) is 4.19. The number of aromatic amines is 1. The zero-order chi connectivity index (χ0) is 13.9. The van der Waals surface area contributed by atoms with Crippen molar-refractivity contribution in [2.24, 2.45) is 5.73 Å². The number of fused-ring (bicyclic) bond motifs is 1. The molecule has 0 aliphatic carbocycles. The number of nitrogens with one attached hydrogen (secondary N) is 1. The lowest BCUT2D eigenvalue weighted by Crippen LogP contribution is -2.13. The highest BCUT2D eigenvalue weighted by atomic mass is 16.1. The molecule has 2 aromatic heterocycles. The third-order valence-electron chi connectivity index (χ3n) is 2.83. The molecule has 0 saturated heterocycles. The molecule has 0 spiro atoms. The summed E-state index contributed by atoms with van der Waals surface area (Å²) in [6.07, 6.45) is 4.84. The minimum atomic E-state index is -0.524. The molecule has 0 bridgehead atoms. The summed E-state index contributed by atoms with van der Waals surface area (Å²) in [4.78, 5) is 20.0. The maximum Gasteiger partial charge on any atom is 0.249 e. The maximum absolute atomic E-state index is 11.6. The lowest BCUT2D eigenvalue weighted by atomic mass is 10.1. The predicted octanol–water partition coefficient (Wildman–Crippen LogP) is 1.38. The molecule has 6 nitrogen and oxygen atoms in total. The highest BCUT2D eigenvalue weighted by Crippen LogP contribution is 2.17. The number of nitrogens with two attached hydrogens (primary N) is 1. The van der Waals surface area contributed by atoms with Crippen LogP contribution in [0.15, 0.2) is 42.7 Å². The van der Waals surface area contributed by atoms with Crippen LogP contribution in [0.1, 0.15) is 11.4 Å². The van der Waals surface area contributed by atoms with Crippen molar-refractivity contribution in [1.82, 2.24) is 20.2 Å². The van der Waals surface area contributed by atoms with E-state index in [1.54, 1.807) is 18.5 Å². The number of amides is 1. The quantitative estimate of drug-likeness (QED) is 0.699. The van der Waals surface area contributed by atoms with Crippen LogP contribution in [-0.4, -0.2) is 26.1 Å². The van der Waals surface area contributed by atoms with Gasteiger partial charge in [-0.25, -0.2) is 9.97 Å². The molecule has 0 saturated carbocycles. The zero-order valence-electron chi connectivity index (χ0n) is 10.4. The molecule has 0 aliphatic rings. The number of hydrogen-bond donors (Lipinski definition) is 2. The zero-order valence-corrected chi connectivity index (χ0v) is 10.4. The lowest BCUT2D eigenvalue weighted by molar-refractivity contribution is -0.112. The number of carbonyl (C=O) groups excluding carboxylic acids is 1. The highest BCUT2D eigenvalue weighted by Gasteiger charge is 2.09. The first-order chi connectivity index (χ1) is 9.74. The van der Waals surface area contributed by atoms with E-state index < -0.39 is 5.91 Å². The van der Waals surface area contributed by atoms with E-state index in [-0.39, 0.29) is 0 Å². The fourth-order valence-electron chi connectivity index (χ4n) is 1.86. The molecular formula is C14H11N5O. The van der Waals surface area contributed by atoms with Crippen molar-refractivity contribution in [3.05, 3.63) is 54.1 Å². The first kappa shape index (κ1) is 12.0. The number of carbonyl (C=O) groups is 1. The van der Waals surface area contributed by atoms with E-state index in [9.17, 15) is 4.79 Å². The number of nitrogens with zero attached hydrogens (tertiary/aromatic N) is 3. The van der Waals surface area contributed by atoms with Crippen LogP contribution in [0.3, 0.4) is 0 Å². The van der Waals surface area contributed by atoms with Gasteiger partial charge in [-0.1, -0.05) is 30.3 Å². The van der Waals surface area contributed by atoms with Crippen molar-refractivity contribution in [2.45, 2.75) is 0 Å². The Bertz CT molecular complexity index is 791. The topological polar surface area (TPSA) is 97.5 Å². The van der Waals surface area contributed by atoms with Crippen LogP contribution in [0.4, 0.5) is 0 Å². The van der Waals surface area contributed by atoms with Gasteiger partial charge in [0.1, 0.15) is 0 Å². The Morgan fingerprint density at radius 2 is 2.00 bits per heavy atom. The summed E-state index contributed by atoms with van der Waals surface area (Å²) in [7, 11) is 0. The van der Waals surface area contributed by atoms with Gasteiger partial charge in [-0.3, -0.25) is 9.89 Å². The van der Waals surface area contributed by atoms with Crippen molar-refractivity contribution in [2.75, 3.05) is 0 Å². The van der Waals surface area contributed by atoms with Gasteiger partial charge in [0.25, 0.3) is 0 Å². The average molecular weight is 265 g/mol. The first-order valence-corrected chi connectivity index (χ1v) is 5.97. The van der Waals surface area contributed by atoms with Crippen LogP contribution >= 0.6 is 0 Å². The summed E-state index contributed by atoms with van der Waals surface area (Å²) in [6.45, 7) is 0. The van der Waals surface area contributed by atoms with E-state index in [4.69, 9.17) is 5.73 Å². The third kappa shape index (κ3) is 2.26. The number of primary amides is 1. The van der Waals surface area contributed by atoms with Gasteiger partial charge in [0.2, 0.25) is 5.91 Å². The fourth-order valence-corrected chi connectivity index (χ4v) is 1.86. The molecular weight excluding hydrogens is 254 g/mol. The number of rotatable bonds is 3. The Balaban J connectivity index is 2.08. The smallest absolute Gasteiger partial charge is 0.249 e. The van der Waals surface area contributed by atoms with E-state index >= 15 is 0 Å². The summed E-state index contributed by atoms with van der Waals surface area (Å²) in [5.41, 5.74) is 7.14. The molecule has 3 rings (SSSR count). The van der Waals surface area contributed by atoms with Crippen LogP contribution in [0, 0.1) is 0 Å². The van der Waals surface area contributed by atoms with Gasteiger partial charge < -0.3 is 5.73 Å². The molecule has 3 N–H and O–H groups in total. The molecule has 3 aromatic rings. The molecule has 1 amide bonds. The Morgan fingerprint density at radius 3 is 2.75 bits per heavy atom. The van der Waals surface area contributed by atoms with Gasteiger partial charge >= 0.3 is 0 Å². The van der Waals surface area contributed by atoms with Crippen LogP contribution in [0.25, 0.3) is 22.7 Å². The van der Waals surface area contributed by atoms with Crippen LogP contribution in [0.5, 0.6) is 0 Å². The molecule has 1 aromatic carbocycles. The van der Waals surface area contributed by atoms with Crippen LogP contribution in [-0.2, 0) is 4.79 Å². The Hall–Kier alpha value is -3.02. The normalized spacial score (nSPS) is 11.7. The first-order valence-electron chi connectivity index (χ1n) is 5.97. The minimum absolute atomic E-state index is 0.365. The summed E-state index contributed by atoms with van der Waals surface area (Å²) >= 11 is 0. The molecule has 0 radical (unpaired) electrons. The Morgan fingerprint density at radius 1 is 1.20 bits per heavy atom. The number of benzene rings is 1. The number of H-pyrrole nitrogens is 1. The second kappa shape index (κ2) is 4.93. The van der Waals surface area contributed by atoms with Gasteiger partial charge in [0.05, 0.1) is 17.2 Å². The molecule has 0 atom stereocenters. The summed E-state index contributed by atoms with van der Waals surface area (Å²) in [5.74, 6) is -0.121. The van der Waals surface area contributed by atoms with Crippen LogP contribution in [0.2, 0.25) is 0 Å². The SMILES string of the molecule is NC(=O)C(=Cc1ncc2cn[nH]c2n1)c1ccccc1. The summed E-state index contributed by atoms with van der Waals surface area (Å²) in [5, 5.41) is 7.44. The average Bonchev–Trinajstić information content (AvgIpc) is 2.93. The van der Waals surface area contributed by atoms with Gasteiger partial charge in [-0.2, -0.15) is 5.10 Å². The van der Waals surface area contributed by atoms with E-state index in [1.165, 1.54) is 0 Å². The standard InChI is InChI=1S/C14H11N5O/c15-13(20)11(9-4-2-1-3-5-9)6-12-16-7-10-8-17-19-14(10)18-12/h1-8H,(H2,15,20)(H,16,17,18,19). The molecule has 6 heteroatoms. The van der Waals surface area contributed by atoms with Gasteiger partial charge in [-0.05, 0) is 11.6 Å². The molecule has 0 unspecified atom stereocenters. The van der Waals surface area contributed by atoms with Gasteiger partial charge in [0.15, 0.2) is 11.5 Å². The van der Waals surface area contributed by atoms with Crippen molar-refractivity contribution >= 4 is 28.6 Å². The van der Waals surface area contributed by atoms with Crippen LogP contribution < -0.4 is 5.73 Å². The Kier molecular flexibility index (Phi) is 2.96. The van der Waals surface area contributed by atoms with Crippen molar-refractivity contribution in [1.29, 1.82) is 0 Å². The number of aromatic nitrogens is 4. The molecule has 2 heterocycles. The van der Waals surface area contributed by atoms with Crippen molar-refractivity contribution in [3.63, 3.8) is 0 Å². The van der Waals surface area contributed by atoms with Crippen molar-refractivity contribution < 1.29 is 4.79 Å². The van der Waals surface area contributed by atoms with E-state index in [1.807, 2.05) is 30.3 Å². The van der Waals surface area contributed by atoms with Gasteiger partial charge in [0, 0.05) is 6.20 Å². The van der Waals surface area contributed by atoms with Gasteiger partial charge in [-0.15, -0.1) is 0 Å². The molecule has 20 heavy (non-hydrogen) atoms. The van der Waals surface area contributed by atoms with E-state index in [2.05, 4.69) is 20.2 Å². The monoisotopic (exact) mass is 265 g/mol. The highest BCUT2D eigenvalue weighted by molar-refractivity contribution is 6.23. The molecule has 0 aliphatic heterocycles. The predicted molar refractivity (Wildman–Crippen MR) is 75.2 cm³/mol.